The zero-order valence-electron chi connectivity index (χ0n) is 5.48. The summed E-state index contributed by atoms with van der Waals surface area (Å²) in [4.78, 5) is 10.5. The Morgan fingerprint density at radius 1 is 1.75 bits per heavy atom. The van der Waals surface area contributed by atoms with Crippen LogP contribution in [0.2, 0.25) is 0 Å². The highest BCUT2D eigenvalue weighted by molar-refractivity contribution is 5.78. The van der Waals surface area contributed by atoms with Gasteiger partial charge in [-0.2, -0.15) is 0 Å². The molecule has 0 spiro atoms. The van der Waals surface area contributed by atoms with E-state index in [1.807, 2.05) is 13.8 Å². The van der Waals surface area contributed by atoms with Gasteiger partial charge in [0.15, 0.2) is 0 Å². The number of rotatable bonds is 3. The van der Waals surface area contributed by atoms with E-state index in [9.17, 15) is 4.79 Å². The van der Waals surface area contributed by atoms with Crippen LogP contribution in [0.3, 0.4) is 0 Å². The Balaban J connectivity index is 3.25. The van der Waals surface area contributed by atoms with Crippen molar-refractivity contribution in [1.29, 1.82) is 0 Å². The number of carbonyl (C=O) groups excluding carboxylic acids is 1. The van der Waals surface area contributed by atoms with E-state index in [1.54, 1.807) is 0 Å². The Bertz CT molecular complexity index is 78.6. The van der Waals surface area contributed by atoms with Gasteiger partial charge >= 0.3 is 0 Å². The van der Waals surface area contributed by atoms with Crippen molar-refractivity contribution in [3.8, 4) is 0 Å². The molecule has 0 radical (unpaired) electrons. The molecule has 2 N–H and O–H groups in total. The third kappa shape index (κ3) is 3.81. The van der Waals surface area contributed by atoms with E-state index in [0.717, 1.165) is 0 Å². The zero-order valence-corrected chi connectivity index (χ0v) is 5.48. The van der Waals surface area contributed by atoms with Gasteiger partial charge < -0.3 is 5.73 Å². The lowest BCUT2D eigenvalue weighted by atomic mass is 10.1. The molecule has 0 aromatic carbocycles. The Kier molecular flexibility index (Phi) is 3.44. The molecule has 2 heteroatoms. The molecule has 8 heavy (non-hydrogen) atoms. The molecule has 0 saturated carbocycles. The minimum absolute atomic E-state index is 0.0300. The summed E-state index contributed by atoms with van der Waals surface area (Å²) in [7, 11) is 0. The standard InChI is InChI=1S/C6H13NO/c1-3-6(8)4-5(2)7/h5H,3-4,7H2,1-2H3. The summed E-state index contributed by atoms with van der Waals surface area (Å²) in [5.74, 6) is 0.250. The molecule has 0 aromatic heterocycles. The normalized spacial score (nSPS) is 13.4. The molecule has 0 bridgehead atoms. The maximum absolute atomic E-state index is 10.5. The van der Waals surface area contributed by atoms with Gasteiger partial charge in [0, 0.05) is 18.9 Å². The molecule has 0 rings (SSSR count). The summed E-state index contributed by atoms with van der Waals surface area (Å²) in [6.45, 7) is 3.69. The van der Waals surface area contributed by atoms with E-state index in [0.29, 0.717) is 12.8 Å². The van der Waals surface area contributed by atoms with E-state index in [4.69, 9.17) is 5.73 Å². The van der Waals surface area contributed by atoms with Gasteiger partial charge in [0.1, 0.15) is 5.78 Å². The van der Waals surface area contributed by atoms with Gasteiger partial charge in [-0.3, -0.25) is 4.79 Å². The molecule has 0 aliphatic heterocycles. The average molecular weight is 115 g/mol. The van der Waals surface area contributed by atoms with E-state index >= 15 is 0 Å². The molecule has 2 nitrogen and oxygen atoms in total. The minimum Gasteiger partial charge on any atom is -0.328 e. The fourth-order valence-electron chi connectivity index (χ4n) is 0.503. The highest BCUT2D eigenvalue weighted by atomic mass is 16.1. The Morgan fingerprint density at radius 2 is 2.25 bits per heavy atom. The van der Waals surface area contributed by atoms with Crippen LogP contribution in [0.25, 0.3) is 0 Å². The van der Waals surface area contributed by atoms with E-state index in [1.165, 1.54) is 0 Å². The van der Waals surface area contributed by atoms with Crippen molar-refractivity contribution in [2.75, 3.05) is 0 Å². The molecule has 0 fully saturated rings. The summed E-state index contributed by atoms with van der Waals surface area (Å²) in [5.41, 5.74) is 5.35. The molecule has 0 amide bonds. The van der Waals surface area contributed by atoms with Crippen LogP contribution in [-0.4, -0.2) is 11.8 Å². The first-order valence-electron chi connectivity index (χ1n) is 2.94. The Labute approximate surface area is 50.1 Å². The summed E-state index contributed by atoms with van der Waals surface area (Å²) >= 11 is 0. The predicted molar refractivity (Wildman–Crippen MR) is 33.6 cm³/mol. The van der Waals surface area contributed by atoms with Crippen molar-refractivity contribution in [2.45, 2.75) is 32.7 Å². The van der Waals surface area contributed by atoms with Crippen LogP contribution < -0.4 is 5.73 Å². The largest absolute Gasteiger partial charge is 0.328 e. The van der Waals surface area contributed by atoms with Crippen molar-refractivity contribution < 1.29 is 4.79 Å². The Morgan fingerprint density at radius 3 is 2.38 bits per heavy atom. The number of hydrogen-bond donors (Lipinski definition) is 1. The first kappa shape index (κ1) is 7.63. The topological polar surface area (TPSA) is 43.1 Å². The summed E-state index contributed by atoms with van der Waals surface area (Å²) < 4.78 is 0. The molecule has 0 aromatic rings. The zero-order chi connectivity index (χ0) is 6.57. The fourth-order valence-corrected chi connectivity index (χ4v) is 0.503. The Hall–Kier alpha value is -0.370. The second-order valence-corrected chi connectivity index (χ2v) is 2.07. The summed E-state index contributed by atoms with van der Waals surface area (Å²) in [6.07, 6.45) is 1.14. The highest BCUT2D eigenvalue weighted by Gasteiger charge is 1.99. The van der Waals surface area contributed by atoms with Crippen molar-refractivity contribution in [3.63, 3.8) is 0 Å². The second-order valence-electron chi connectivity index (χ2n) is 2.07. The van der Waals surface area contributed by atoms with Gasteiger partial charge in [-0.25, -0.2) is 0 Å². The van der Waals surface area contributed by atoms with Gasteiger partial charge in [-0.1, -0.05) is 6.92 Å². The van der Waals surface area contributed by atoms with E-state index in [-0.39, 0.29) is 11.8 Å². The van der Waals surface area contributed by atoms with Gasteiger partial charge in [-0.05, 0) is 6.92 Å². The van der Waals surface area contributed by atoms with Crippen molar-refractivity contribution in [2.24, 2.45) is 5.73 Å². The SMILES string of the molecule is CCC(=O)CC(C)N. The minimum atomic E-state index is 0.0300. The smallest absolute Gasteiger partial charge is 0.134 e. The quantitative estimate of drug-likeness (QED) is 0.588. The predicted octanol–water partition coefficient (Wildman–Crippen LogP) is 0.703. The molecule has 0 aliphatic rings. The van der Waals surface area contributed by atoms with Crippen LogP contribution in [0.4, 0.5) is 0 Å². The van der Waals surface area contributed by atoms with Crippen LogP contribution in [0, 0.1) is 0 Å². The second kappa shape index (κ2) is 3.61. The lowest BCUT2D eigenvalue weighted by Gasteiger charge is -1.99. The molecule has 0 saturated heterocycles. The van der Waals surface area contributed by atoms with Crippen LogP contribution in [0.5, 0.6) is 0 Å². The van der Waals surface area contributed by atoms with E-state index < -0.39 is 0 Å². The molecular weight excluding hydrogens is 102 g/mol. The number of carbonyl (C=O) groups is 1. The maximum atomic E-state index is 10.5. The number of nitrogens with two attached hydrogens (primary N) is 1. The van der Waals surface area contributed by atoms with Gasteiger partial charge in [-0.15, -0.1) is 0 Å². The fraction of sp³-hybridized carbons (Fsp3) is 0.833. The first-order valence-corrected chi connectivity index (χ1v) is 2.94. The van der Waals surface area contributed by atoms with Crippen LogP contribution in [-0.2, 0) is 4.79 Å². The van der Waals surface area contributed by atoms with Gasteiger partial charge in [0.25, 0.3) is 0 Å². The lowest BCUT2D eigenvalue weighted by molar-refractivity contribution is -0.118. The van der Waals surface area contributed by atoms with Crippen molar-refractivity contribution in [1.82, 2.24) is 0 Å². The molecule has 0 aliphatic carbocycles. The maximum Gasteiger partial charge on any atom is 0.134 e. The molecule has 0 heterocycles. The summed E-state index contributed by atoms with van der Waals surface area (Å²) in [6, 6.07) is 0.0300. The number of Topliss-reactive ketones (excluding diaryl/α,β-unsaturated/α-hetero) is 1. The van der Waals surface area contributed by atoms with Crippen molar-refractivity contribution in [3.05, 3.63) is 0 Å². The molecule has 1 atom stereocenters. The number of ketones is 1. The molecule has 1 unspecified atom stereocenters. The first-order chi connectivity index (χ1) is 3.66. The van der Waals surface area contributed by atoms with Crippen LogP contribution >= 0.6 is 0 Å². The highest BCUT2D eigenvalue weighted by Crippen LogP contribution is 1.90. The lowest BCUT2D eigenvalue weighted by Crippen LogP contribution is -2.18. The third-order valence-electron chi connectivity index (χ3n) is 0.944. The molecular formula is C6H13NO. The molecule has 48 valence electrons. The monoisotopic (exact) mass is 115 g/mol. The van der Waals surface area contributed by atoms with Gasteiger partial charge in [0.05, 0.1) is 0 Å². The van der Waals surface area contributed by atoms with Crippen LogP contribution in [0.15, 0.2) is 0 Å². The van der Waals surface area contributed by atoms with Gasteiger partial charge in [0.2, 0.25) is 0 Å². The van der Waals surface area contributed by atoms with Crippen molar-refractivity contribution >= 4 is 5.78 Å². The summed E-state index contributed by atoms with van der Waals surface area (Å²) in [5, 5.41) is 0. The van der Waals surface area contributed by atoms with E-state index in [2.05, 4.69) is 0 Å². The number of hydrogen-bond acceptors (Lipinski definition) is 2. The average Bonchev–Trinajstić information content (AvgIpc) is 1.65. The van der Waals surface area contributed by atoms with Crippen LogP contribution in [0.1, 0.15) is 26.7 Å². The third-order valence-corrected chi connectivity index (χ3v) is 0.944.